The van der Waals surface area contributed by atoms with E-state index in [2.05, 4.69) is 10.3 Å². The molecule has 7 nitrogen and oxygen atoms in total. The average molecular weight is 467 g/mol. The number of likely N-dealkylation sites (tertiary alicyclic amines) is 1. The van der Waals surface area contributed by atoms with Crippen LogP contribution in [-0.4, -0.2) is 52.5 Å². The Morgan fingerprint density at radius 3 is 2.79 bits per heavy atom. The van der Waals surface area contributed by atoms with E-state index in [0.717, 1.165) is 29.8 Å². The van der Waals surface area contributed by atoms with Gasteiger partial charge in [-0.05, 0) is 49.6 Å². The number of methoxy groups -OCH3 is 1. The van der Waals surface area contributed by atoms with Gasteiger partial charge in [0.25, 0.3) is 5.91 Å². The molecule has 1 aliphatic heterocycles. The van der Waals surface area contributed by atoms with Crippen molar-refractivity contribution in [3.63, 3.8) is 0 Å². The Morgan fingerprint density at radius 1 is 1.24 bits per heavy atom. The summed E-state index contributed by atoms with van der Waals surface area (Å²) in [6.45, 7) is 3.08. The zero-order valence-electron chi connectivity index (χ0n) is 18.8. The van der Waals surface area contributed by atoms with Crippen molar-refractivity contribution >= 4 is 23.4 Å². The Balaban J connectivity index is 1.40. The number of aryl methyl sites for hydroxylation is 1. The topological polar surface area (TPSA) is 76.5 Å². The molecule has 1 fully saturated rings. The van der Waals surface area contributed by atoms with Crippen LogP contribution in [0.25, 0.3) is 5.69 Å². The van der Waals surface area contributed by atoms with E-state index in [1.54, 1.807) is 31.6 Å². The molecular formula is C25H27ClN4O3. The van der Waals surface area contributed by atoms with Gasteiger partial charge in [0.15, 0.2) is 0 Å². The lowest BCUT2D eigenvalue weighted by Gasteiger charge is -2.33. The van der Waals surface area contributed by atoms with Gasteiger partial charge in [0.05, 0.1) is 31.2 Å². The molecule has 0 spiro atoms. The van der Waals surface area contributed by atoms with Crippen LogP contribution in [0.15, 0.2) is 55.0 Å². The van der Waals surface area contributed by atoms with Gasteiger partial charge in [-0.3, -0.25) is 9.59 Å². The molecule has 3 aromatic rings. The van der Waals surface area contributed by atoms with Crippen molar-refractivity contribution in [3.05, 3.63) is 76.8 Å². The van der Waals surface area contributed by atoms with Gasteiger partial charge < -0.3 is 19.5 Å². The molecule has 2 heterocycles. The van der Waals surface area contributed by atoms with E-state index in [1.807, 2.05) is 46.9 Å². The Hall–Kier alpha value is -3.32. The normalized spacial score (nSPS) is 15.8. The first kappa shape index (κ1) is 22.9. The van der Waals surface area contributed by atoms with Crippen LogP contribution < -0.4 is 10.1 Å². The third kappa shape index (κ3) is 5.37. The van der Waals surface area contributed by atoms with Gasteiger partial charge >= 0.3 is 0 Å². The van der Waals surface area contributed by atoms with Crippen molar-refractivity contribution in [1.82, 2.24) is 19.8 Å². The van der Waals surface area contributed by atoms with E-state index < -0.39 is 0 Å². The third-order valence-corrected chi connectivity index (χ3v) is 6.21. The number of piperidine rings is 1. The number of ether oxygens (including phenoxy) is 1. The number of hydrogen-bond donors (Lipinski definition) is 1. The SMILES string of the molecule is COc1cc(C(=O)NC2CCCN(C(=O)Cc3ccccc3Cl)C2)ccc1-n1cnc(C)c1. The van der Waals surface area contributed by atoms with E-state index in [0.29, 0.717) is 29.4 Å². The van der Waals surface area contributed by atoms with Crippen LogP contribution in [-0.2, 0) is 11.2 Å². The maximum Gasteiger partial charge on any atom is 0.251 e. The number of carbonyl (C=O) groups is 2. The first-order valence-electron chi connectivity index (χ1n) is 11.0. The average Bonchev–Trinajstić information content (AvgIpc) is 3.26. The molecule has 33 heavy (non-hydrogen) atoms. The molecule has 0 bridgehead atoms. The summed E-state index contributed by atoms with van der Waals surface area (Å²) < 4.78 is 7.37. The number of imidazole rings is 1. The van der Waals surface area contributed by atoms with Gasteiger partial charge in [-0.2, -0.15) is 0 Å². The summed E-state index contributed by atoms with van der Waals surface area (Å²) in [4.78, 5) is 31.8. The molecule has 1 aliphatic rings. The van der Waals surface area contributed by atoms with Crippen molar-refractivity contribution in [2.75, 3.05) is 20.2 Å². The number of aromatic nitrogens is 2. The minimum atomic E-state index is -0.188. The first-order chi connectivity index (χ1) is 15.9. The predicted molar refractivity (Wildman–Crippen MR) is 127 cm³/mol. The monoisotopic (exact) mass is 466 g/mol. The van der Waals surface area contributed by atoms with Crippen LogP contribution >= 0.6 is 11.6 Å². The molecule has 172 valence electrons. The minimum Gasteiger partial charge on any atom is -0.495 e. The molecule has 1 saturated heterocycles. The van der Waals surface area contributed by atoms with E-state index in [9.17, 15) is 9.59 Å². The molecule has 2 aromatic carbocycles. The molecular weight excluding hydrogens is 440 g/mol. The van der Waals surface area contributed by atoms with Crippen molar-refractivity contribution < 1.29 is 14.3 Å². The summed E-state index contributed by atoms with van der Waals surface area (Å²) in [5.41, 5.74) is 3.02. The van der Waals surface area contributed by atoms with Gasteiger partial charge in [-0.25, -0.2) is 4.98 Å². The Morgan fingerprint density at radius 2 is 2.06 bits per heavy atom. The highest BCUT2D eigenvalue weighted by Crippen LogP contribution is 2.25. The highest BCUT2D eigenvalue weighted by atomic mass is 35.5. The molecule has 4 rings (SSSR count). The lowest BCUT2D eigenvalue weighted by molar-refractivity contribution is -0.131. The molecule has 8 heteroatoms. The van der Waals surface area contributed by atoms with Crippen LogP contribution in [0, 0.1) is 6.92 Å². The quantitative estimate of drug-likeness (QED) is 0.599. The van der Waals surface area contributed by atoms with Gasteiger partial charge in [0.1, 0.15) is 5.75 Å². The molecule has 1 aromatic heterocycles. The fraction of sp³-hybridized carbons (Fsp3) is 0.320. The minimum absolute atomic E-state index is 0.0173. The highest BCUT2D eigenvalue weighted by Gasteiger charge is 2.25. The first-order valence-corrected chi connectivity index (χ1v) is 11.3. The molecule has 1 unspecified atom stereocenters. The lowest BCUT2D eigenvalue weighted by Crippen LogP contribution is -2.50. The largest absolute Gasteiger partial charge is 0.495 e. The molecule has 0 radical (unpaired) electrons. The maximum atomic E-state index is 12.9. The standard InChI is InChI=1S/C25H27ClN4O3/c1-17-14-30(16-27-17)22-10-9-19(12-23(22)33-2)25(32)28-20-7-5-11-29(15-20)24(31)13-18-6-3-4-8-21(18)26/h3-4,6,8-10,12,14,16,20H,5,7,11,13,15H2,1-2H3,(H,28,32). The second-order valence-corrected chi connectivity index (χ2v) is 8.64. The molecule has 1 atom stereocenters. The van der Waals surface area contributed by atoms with Crippen LogP contribution in [0.1, 0.15) is 34.5 Å². The zero-order chi connectivity index (χ0) is 23.4. The predicted octanol–water partition coefficient (Wildman–Crippen LogP) is 3.81. The van der Waals surface area contributed by atoms with E-state index in [-0.39, 0.29) is 24.3 Å². The fourth-order valence-electron chi connectivity index (χ4n) is 4.09. The molecule has 0 saturated carbocycles. The number of amides is 2. The van der Waals surface area contributed by atoms with E-state index >= 15 is 0 Å². The maximum absolute atomic E-state index is 12.9. The summed E-state index contributed by atoms with van der Waals surface area (Å²) in [5.74, 6) is 0.413. The van der Waals surface area contributed by atoms with Gasteiger partial charge in [0, 0.05) is 35.9 Å². The van der Waals surface area contributed by atoms with Crippen LogP contribution in [0.4, 0.5) is 0 Å². The summed E-state index contributed by atoms with van der Waals surface area (Å²) in [5, 5.41) is 3.67. The Labute approximate surface area is 198 Å². The van der Waals surface area contributed by atoms with Gasteiger partial charge in [0.2, 0.25) is 5.91 Å². The zero-order valence-corrected chi connectivity index (χ0v) is 19.5. The van der Waals surface area contributed by atoms with Gasteiger partial charge in [-0.1, -0.05) is 29.8 Å². The number of hydrogen-bond acceptors (Lipinski definition) is 4. The van der Waals surface area contributed by atoms with Crippen LogP contribution in [0.2, 0.25) is 5.02 Å². The number of carbonyl (C=O) groups excluding carboxylic acids is 2. The number of benzene rings is 2. The highest BCUT2D eigenvalue weighted by molar-refractivity contribution is 6.31. The number of nitrogens with one attached hydrogen (secondary N) is 1. The Bertz CT molecular complexity index is 1160. The summed E-state index contributed by atoms with van der Waals surface area (Å²) in [6.07, 6.45) is 5.52. The molecule has 1 N–H and O–H groups in total. The number of nitrogens with zero attached hydrogens (tertiary/aromatic N) is 3. The third-order valence-electron chi connectivity index (χ3n) is 5.84. The molecule has 2 amide bonds. The Kier molecular flexibility index (Phi) is 6.99. The van der Waals surface area contributed by atoms with Crippen molar-refractivity contribution in [1.29, 1.82) is 0 Å². The van der Waals surface area contributed by atoms with Crippen LogP contribution in [0.5, 0.6) is 5.75 Å². The summed E-state index contributed by atoms with van der Waals surface area (Å²) >= 11 is 6.21. The van der Waals surface area contributed by atoms with Crippen molar-refractivity contribution in [3.8, 4) is 11.4 Å². The van der Waals surface area contributed by atoms with Crippen molar-refractivity contribution in [2.45, 2.75) is 32.2 Å². The summed E-state index contributed by atoms with van der Waals surface area (Å²) in [7, 11) is 1.58. The lowest BCUT2D eigenvalue weighted by atomic mass is 10.0. The second-order valence-electron chi connectivity index (χ2n) is 8.23. The number of halogens is 1. The summed E-state index contributed by atoms with van der Waals surface area (Å²) in [6, 6.07) is 12.6. The van der Waals surface area contributed by atoms with E-state index in [4.69, 9.17) is 16.3 Å². The van der Waals surface area contributed by atoms with Gasteiger partial charge in [-0.15, -0.1) is 0 Å². The van der Waals surface area contributed by atoms with Crippen LogP contribution in [0.3, 0.4) is 0 Å². The second kappa shape index (κ2) is 10.1. The smallest absolute Gasteiger partial charge is 0.251 e. The number of rotatable bonds is 6. The van der Waals surface area contributed by atoms with Crippen molar-refractivity contribution in [2.24, 2.45) is 0 Å². The molecule has 0 aliphatic carbocycles. The fourth-order valence-corrected chi connectivity index (χ4v) is 4.29. The van der Waals surface area contributed by atoms with E-state index in [1.165, 1.54) is 0 Å².